The Labute approximate surface area is 219 Å². The molecule has 1 aliphatic heterocycles. The molecule has 0 aliphatic carbocycles. The standard InChI is InChI=1S/C27H27N3O5S2/c1-4-30-25-23(35-3)15-21(34-2)16-24(25)36-27(30)28-26(31)19-9-11-22(12-10-19)37(32,33)29-14-13-18-7-5-6-8-20(18)17-29/h5-12,15-16H,4,13-14,17H2,1-3H3. The fourth-order valence-electron chi connectivity index (χ4n) is 4.55. The highest BCUT2D eigenvalue weighted by molar-refractivity contribution is 7.89. The lowest BCUT2D eigenvalue weighted by Crippen LogP contribution is -2.35. The average molecular weight is 538 g/mol. The molecule has 0 spiro atoms. The minimum atomic E-state index is -3.68. The summed E-state index contributed by atoms with van der Waals surface area (Å²) in [7, 11) is -0.507. The van der Waals surface area contributed by atoms with E-state index < -0.39 is 15.9 Å². The number of thiazole rings is 1. The number of aryl methyl sites for hydroxylation is 1. The summed E-state index contributed by atoms with van der Waals surface area (Å²) in [5, 5.41) is 0. The number of methoxy groups -OCH3 is 2. The third-order valence-corrected chi connectivity index (χ3v) is 9.40. The van der Waals surface area contributed by atoms with E-state index in [1.54, 1.807) is 20.3 Å². The third kappa shape index (κ3) is 4.68. The Morgan fingerprint density at radius 3 is 2.43 bits per heavy atom. The molecule has 37 heavy (non-hydrogen) atoms. The van der Waals surface area contributed by atoms with E-state index >= 15 is 0 Å². The highest BCUT2D eigenvalue weighted by Crippen LogP contribution is 2.33. The Morgan fingerprint density at radius 2 is 1.76 bits per heavy atom. The van der Waals surface area contributed by atoms with Crippen molar-refractivity contribution in [2.45, 2.75) is 31.3 Å². The maximum Gasteiger partial charge on any atom is 0.279 e. The van der Waals surface area contributed by atoms with Crippen molar-refractivity contribution in [1.82, 2.24) is 8.87 Å². The number of aromatic nitrogens is 1. The number of rotatable bonds is 6. The van der Waals surface area contributed by atoms with Gasteiger partial charge in [0.2, 0.25) is 10.0 Å². The molecule has 0 radical (unpaired) electrons. The molecule has 0 unspecified atom stereocenters. The van der Waals surface area contributed by atoms with E-state index in [0.717, 1.165) is 15.8 Å². The normalized spacial score (nSPS) is 14.5. The molecule has 4 aromatic rings. The number of nitrogens with zero attached hydrogens (tertiary/aromatic N) is 3. The zero-order valence-corrected chi connectivity index (χ0v) is 22.4. The molecular weight excluding hydrogens is 510 g/mol. The first-order valence-electron chi connectivity index (χ1n) is 11.9. The van der Waals surface area contributed by atoms with Crippen molar-refractivity contribution in [2.24, 2.45) is 4.99 Å². The molecular formula is C27H27N3O5S2. The van der Waals surface area contributed by atoms with Crippen LogP contribution in [0.25, 0.3) is 10.2 Å². The summed E-state index contributed by atoms with van der Waals surface area (Å²) in [4.78, 5) is 18.1. The molecule has 0 saturated heterocycles. The van der Waals surface area contributed by atoms with Crippen LogP contribution in [0, 0.1) is 0 Å². The molecule has 1 aliphatic rings. The van der Waals surface area contributed by atoms with Crippen LogP contribution in [0.1, 0.15) is 28.4 Å². The maximum atomic E-state index is 13.3. The fraction of sp³-hybridized carbons (Fsp3) is 0.259. The van der Waals surface area contributed by atoms with Gasteiger partial charge in [-0.25, -0.2) is 8.42 Å². The van der Waals surface area contributed by atoms with Gasteiger partial charge in [-0.2, -0.15) is 9.30 Å². The van der Waals surface area contributed by atoms with Gasteiger partial charge in [0.05, 0.1) is 23.8 Å². The average Bonchev–Trinajstić information content (AvgIpc) is 3.28. The summed E-state index contributed by atoms with van der Waals surface area (Å²) >= 11 is 1.36. The minimum absolute atomic E-state index is 0.158. The second-order valence-electron chi connectivity index (χ2n) is 8.60. The van der Waals surface area contributed by atoms with E-state index in [1.165, 1.54) is 45.5 Å². The number of benzene rings is 3. The molecule has 10 heteroatoms. The van der Waals surface area contributed by atoms with Crippen LogP contribution >= 0.6 is 11.3 Å². The maximum absolute atomic E-state index is 13.3. The van der Waals surface area contributed by atoms with Gasteiger partial charge in [-0.05, 0) is 54.8 Å². The Kier molecular flexibility index (Phi) is 6.89. The smallest absolute Gasteiger partial charge is 0.279 e. The Balaban J connectivity index is 1.44. The van der Waals surface area contributed by atoms with Gasteiger partial charge >= 0.3 is 0 Å². The van der Waals surface area contributed by atoms with Crippen molar-refractivity contribution in [3.05, 3.63) is 82.2 Å². The van der Waals surface area contributed by atoms with E-state index in [0.29, 0.717) is 47.9 Å². The zero-order valence-electron chi connectivity index (χ0n) is 20.8. The number of hydrogen-bond acceptors (Lipinski definition) is 6. The first-order valence-corrected chi connectivity index (χ1v) is 14.1. The number of ether oxygens (including phenoxy) is 2. The van der Waals surface area contributed by atoms with Crippen LogP contribution in [0.5, 0.6) is 11.5 Å². The van der Waals surface area contributed by atoms with Crippen molar-refractivity contribution < 1.29 is 22.7 Å². The lowest BCUT2D eigenvalue weighted by Gasteiger charge is -2.28. The molecule has 3 aromatic carbocycles. The van der Waals surface area contributed by atoms with Crippen molar-refractivity contribution in [2.75, 3.05) is 20.8 Å². The van der Waals surface area contributed by atoms with Crippen LogP contribution < -0.4 is 14.3 Å². The highest BCUT2D eigenvalue weighted by atomic mass is 32.2. The van der Waals surface area contributed by atoms with E-state index in [2.05, 4.69) is 4.99 Å². The summed E-state index contributed by atoms with van der Waals surface area (Å²) in [6, 6.07) is 17.6. The van der Waals surface area contributed by atoms with Crippen molar-refractivity contribution >= 4 is 37.5 Å². The molecule has 0 N–H and O–H groups in total. The summed E-state index contributed by atoms with van der Waals surface area (Å²) in [6.45, 7) is 3.32. The largest absolute Gasteiger partial charge is 0.497 e. The number of amides is 1. The Bertz CT molecular complexity index is 1650. The second kappa shape index (κ2) is 10.1. The zero-order chi connectivity index (χ0) is 26.2. The quantitative estimate of drug-likeness (QED) is 0.367. The van der Waals surface area contributed by atoms with Gasteiger partial charge in [-0.15, -0.1) is 0 Å². The van der Waals surface area contributed by atoms with Gasteiger partial charge in [0.15, 0.2) is 4.80 Å². The monoisotopic (exact) mass is 537 g/mol. The molecule has 192 valence electrons. The molecule has 0 bridgehead atoms. The van der Waals surface area contributed by atoms with Crippen LogP contribution in [0.4, 0.5) is 0 Å². The summed E-state index contributed by atoms with van der Waals surface area (Å²) in [5.41, 5.74) is 3.35. The topological polar surface area (TPSA) is 90.2 Å². The van der Waals surface area contributed by atoms with Crippen LogP contribution in [0.2, 0.25) is 0 Å². The number of fused-ring (bicyclic) bond motifs is 2. The summed E-state index contributed by atoms with van der Waals surface area (Å²) in [6.07, 6.45) is 0.675. The number of carbonyl (C=O) groups excluding carboxylic acids is 1. The van der Waals surface area contributed by atoms with Crippen molar-refractivity contribution in [3.8, 4) is 11.5 Å². The predicted molar refractivity (Wildman–Crippen MR) is 143 cm³/mol. The predicted octanol–water partition coefficient (Wildman–Crippen LogP) is 4.23. The SMILES string of the molecule is CCn1c(=NC(=O)c2ccc(S(=O)(=O)N3CCc4ccccc4C3)cc2)sc2cc(OC)cc(OC)c21. The van der Waals surface area contributed by atoms with Crippen molar-refractivity contribution in [3.63, 3.8) is 0 Å². The van der Waals surface area contributed by atoms with Gasteiger partial charge in [-0.1, -0.05) is 35.6 Å². The molecule has 2 heterocycles. The first-order chi connectivity index (χ1) is 17.8. The van der Waals surface area contributed by atoms with Crippen LogP contribution in [0.3, 0.4) is 0 Å². The first kappa shape index (κ1) is 25.2. The molecule has 0 fully saturated rings. The van der Waals surface area contributed by atoms with Crippen LogP contribution in [-0.4, -0.2) is 44.0 Å². The van der Waals surface area contributed by atoms with Gasteiger partial charge in [-0.3, -0.25) is 4.79 Å². The summed E-state index contributed by atoms with van der Waals surface area (Å²) < 4.78 is 41.7. The molecule has 8 nitrogen and oxygen atoms in total. The lowest BCUT2D eigenvalue weighted by atomic mass is 10.0. The van der Waals surface area contributed by atoms with Crippen LogP contribution in [0.15, 0.2) is 70.6 Å². The number of hydrogen-bond donors (Lipinski definition) is 0. The van der Waals surface area contributed by atoms with E-state index in [-0.39, 0.29) is 4.90 Å². The Hall–Kier alpha value is -3.47. The van der Waals surface area contributed by atoms with Gasteiger partial charge in [0.25, 0.3) is 5.91 Å². The van der Waals surface area contributed by atoms with E-state index in [9.17, 15) is 13.2 Å². The minimum Gasteiger partial charge on any atom is -0.497 e. The van der Waals surface area contributed by atoms with Crippen molar-refractivity contribution in [1.29, 1.82) is 0 Å². The van der Waals surface area contributed by atoms with Crippen LogP contribution in [-0.2, 0) is 29.5 Å². The van der Waals surface area contributed by atoms with Gasteiger partial charge < -0.3 is 14.0 Å². The second-order valence-corrected chi connectivity index (χ2v) is 11.6. The number of carbonyl (C=O) groups is 1. The molecule has 0 atom stereocenters. The highest BCUT2D eigenvalue weighted by Gasteiger charge is 2.28. The molecule has 1 aromatic heterocycles. The van der Waals surface area contributed by atoms with Gasteiger partial charge in [0, 0.05) is 31.3 Å². The van der Waals surface area contributed by atoms with E-state index in [4.69, 9.17) is 9.47 Å². The molecule has 1 amide bonds. The summed E-state index contributed by atoms with van der Waals surface area (Å²) in [5.74, 6) is 0.840. The Morgan fingerprint density at radius 1 is 1.03 bits per heavy atom. The van der Waals surface area contributed by atoms with Gasteiger partial charge in [0.1, 0.15) is 17.0 Å². The molecule has 0 saturated carbocycles. The number of sulfonamides is 1. The van der Waals surface area contributed by atoms with E-state index in [1.807, 2.05) is 41.8 Å². The molecule has 5 rings (SSSR count). The lowest BCUT2D eigenvalue weighted by molar-refractivity contribution is 0.0997. The third-order valence-electron chi connectivity index (χ3n) is 6.52. The fourth-order valence-corrected chi connectivity index (χ4v) is 7.10.